The van der Waals surface area contributed by atoms with Gasteiger partial charge in [-0.2, -0.15) is 0 Å². The zero-order valence-electron chi connectivity index (χ0n) is 12.3. The van der Waals surface area contributed by atoms with Crippen molar-refractivity contribution >= 4 is 17.5 Å². The SMILES string of the molecule is CO[C@@H]1CN(C(=O)c2ccncc2Cl)C[C@H]1c1cn(C)nn1. The number of likely N-dealkylation sites (tertiary alicyclic amines) is 1. The van der Waals surface area contributed by atoms with E-state index in [9.17, 15) is 4.79 Å². The molecular formula is C14H16ClN5O2. The van der Waals surface area contributed by atoms with E-state index in [-0.39, 0.29) is 17.9 Å². The van der Waals surface area contributed by atoms with Crippen LogP contribution in [-0.4, -0.2) is 57.1 Å². The molecule has 22 heavy (non-hydrogen) atoms. The lowest BCUT2D eigenvalue weighted by Gasteiger charge is -2.16. The van der Waals surface area contributed by atoms with Crippen molar-refractivity contribution in [2.45, 2.75) is 12.0 Å². The van der Waals surface area contributed by atoms with Crippen LogP contribution in [0.2, 0.25) is 5.02 Å². The normalized spacial score (nSPS) is 21.3. The minimum Gasteiger partial charge on any atom is -0.379 e. The average Bonchev–Trinajstić information content (AvgIpc) is 3.12. The minimum absolute atomic E-state index is 0.00302. The molecule has 1 aliphatic rings. The van der Waals surface area contributed by atoms with E-state index in [1.165, 1.54) is 6.20 Å². The van der Waals surface area contributed by atoms with E-state index < -0.39 is 0 Å². The number of amides is 1. The number of pyridine rings is 1. The van der Waals surface area contributed by atoms with E-state index in [0.29, 0.717) is 23.7 Å². The van der Waals surface area contributed by atoms with Crippen molar-refractivity contribution in [2.75, 3.05) is 20.2 Å². The molecule has 0 radical (unpaired) electrons. The smallest absolute Gasteiger partial charge is 0.255 e. The van der Waals surface area contributed by atoms with Crippen molar-refractivity contribution in [1.82, 2.24) is 24.9 Å². The lowest BCUT2D eigenvalue weighted by atomic mass is 10.0. The van der Waals surface area contributed by atoms with Crippen molar-refractivity contribution < 1.29 is 9.53 Å². The van der Waals surface area contributed by atoms with E-state index in [0.717, 1.165) is 5.69 Å². The number of hydrogen-bond acceptors (Lipinski definition) is 5. The molecular weight excluding hydrogens is 306 g/mol. The Morgan fingerprint density at radius 1 is 1.45 bits per heavy atom. The van der Waals surface area contributed by atoms with E-state index in [1.54, 1.807) is 29.0 Å². The minimum atomic E-state index is -0.124. The van der Waals surface area contributed by atoms with E-state index >= 15 is 0 Å². The van der Waals surface area contributed by atoms with Crippen LogP contribution in [0.25, 0.3) is 0 Å². The van der Waals surface area contributed by atoms with E-state index in [2.05, 4.69) is 15.3 Å². The van der Waals surface area contributed by atoms with Gasteiger partial charge >= 0.3 is 0 Å². The summed E-state index contributed by atoms with van der Waals surface area (Å²) in [6.07, 6.45) is 4.77. The molecule has 3 rings (SSSR count). The Morgan fingerprint density at radius 2 is 2.27 bits per heavy atom. The zero-order valence-corrected chi connectivity index (χ0v) is 13.1. The number of carbonyl (C=O) groups excluding carboxylic acids is 1. The first-order chi connectivity index (χ1) is 10.6. The van der Waals surface area contributed by atoms with Gasteiger partial charge < -0.3 is 9.64 Å². The van der Waals surface area contributed by atoms with Gasteiger partial charge in [-0.1, -0.05) is 16.8 Å². The summed E-state index contributed by atoms with van der Waals surface area (Å²) < 4.78 is 7.16. The molecule has 3 heterocycles. The van der Waals surface area contributed by atoms with Gasteiger partial charge in [0.05, 0.1) is 28.3 Å². The first kappa shape index (κ1) is 14.9. The highest BCUT2D eigenvalue weighted by atomic mass is 35.5. The first-order valence-corrected chi connectivity index (χ1v) is 7.25. The highest BCUT2D eigenvalue weighted by Crippen LogP contribution is 2.30. The van der Waals surface area contributed by atoms with Gasteiger partial charge in [-0.15, -0.1) is 5.10 Å². The van der Waals surface area contributed by atoms with E-state index in [4.69, 9.17) is 16.3 Å². The van der Waals surface area contributed by atoms with Crippen LogP contribution in [0.15, 0.2) is 24.7 Å². The average molecular weight is 322 g/mol. The van der Waals surface area contributed by atoms with Crippen LogP contribution in [-0.2, 0) is 11.8 Å². The van der Waals surface area contributed by atoms with Crippen LogP contribution in [0, 0.1) is 0 Å². The fourth-order valence-electron chi connectivity index (χ4n) is 2.72. The summed E-state index contributed by atoms with van der Waals surface area (Å²) in [5, 5.41) is 8.44. The predicted octanol–water partition coefficient (Wildman–Crippen LogP) is 1.12. The van der Waals surface area contributed by atoms with Crippen molar-refractivity contribution in [1.29, 1.82) is 0 Å². The molecule has 2 aromatic heterocycles. The summed E-state index contributed by atoms with van der Waals surface area (Å²) in [6, 6.07) is 1.63. The van der Waals surface area contributed by atoms with Gasteiger partial charge in [0.1, 0.15) is 0 Å². The molecule has 1 fully saturated rings. The number of nitrogens with zero attached hydrogens (tertiary/aromatic N) is 5. The van der Waals surface area contributed by atoms with Gasteiger partial charge in [-0.3, -0.25) is 14.5 Å². The molecule has 1 aliphatic heterocycles. The molecule has 0 bridgehead atoms. The molecule has 1 amide bonds. The Bertz CT molecular complexity index is 689. The van der Waals surface area contributed by atoms with Crippen LogP contribution >= 0.6 is 11.6 Å². The summed E-state index contributed by atoms with van der Waals surface area (Å²) >= 11 is 6.06. The second kappa shape index (κ2) is 6.02. The Balaban J connectivity index is 1.82. The summed E-state index contributed by atoms with van der Waals surface area (Å²) in [7, 11) is 3.45. The van der Waals surface area contributed by atoms with Gasteiger partial charge in [-0.05, 0) is 6.07 Å². The second-order valence-electron chi connectivity index (χ2n) is 5.26. The Hall–Kier alpha value is -1.99. The van der Waals surface area contributed by atoms with Gasteiger partial charge in [0, 0.05) is 45.8 Å². The third-order valence-corrected chi connectivity index (χ3v) is 4.16. The zero-order chi connectivity index (χ0) is 15.7. The third kappa shape index (κ3) is 2.69. The lowest BCUT2D eigenvalue weighted by Crippen LogP contribution is -2.30. The lowest BCUT2D eigenvalue weighted by molar-refractivity contribution is 0.0714. The number of hydrogen-bond donors (Lipinski definition) is 0. The number of carbonyl (C=O) groups is 1. The van der Waals surface area contributed by atoms with Gasteiger partial charge in [0.25, 0.3) is 5.91 Å². The highest BCUT2D eigenvalue weighted by Gasteiger charge is 2.38. The van der Waals surface area contributed by atoms with Crippen LogP contribution < -0.4 is 0 Å². The number of aryl methyl sites for hydroxylation is 1. The van der Waals surface area contributed by atoms with Crippen LogP contribution in [0.1, 0.15) is 22.0 Å². The van der Waals surface area contributed by atoms with Gasteiger partial charge in [0.2, 0.25) is 0 Å². The molecule has 0 saturated carbocycles. The molecule has 0 spiro atoms. The molecule has 116 valence electrons. The van der Waals surface area contributed by atoms with Crippen molar-refractivity contribution in [3.8, 4) is 0 Å². The standard InChI is InChI=1S/C14H16ClN5O2/c1-19-7-12(17-18-19)10-6-20(8-13(10)22-2)14(21)9-3-4-16-5-11(9)15/h3-5,7,10,13H,6,8H2,1-2H3/t10-,13+/m0/s1. The molecule has 8 heteroatoms. The Morgan fingerprint density at radius 3 is 2.91 bits per heavy atom. The molecule has 2 aromatic rings. The molecule has 0 N–H and O–H groups in total. The maximum absolute atomic E-state index is 12.6. The third-order valence-electron chi connectivity index (χ3n) is 3.86. The predicted molar refractivity (Wildman–Crippen MR) is 79.7 cm³/mol. The second-order valence-corrected chi connectivity index (χ2v) is 5.67. The van der Waals surface area contributed by atoms with Crippen molar-refractivity contribution in [2.24, 2.45) is 7.05 Å². The summed E-state index contributed by atoms with van der Waals surface area (Å²) in [6.45, 7) is 1.02. The topological polar surface area (TPSA) is 73.1 Å². The first-order valence-electron chi connectivity index (χ1n) is 6.88. The van der Waals surface area contributed by atoms with Gasteiger partial charge in [-0.25, -0.2) is 0 Å². The molecule has 0 aliphatic carbocycles. The maximum Gasteiger partial charge on any atom is 0.255 e. The monoisotopic (exact) mass is 321 g/mol. The summed E-state index contributed by atoms with van der Waals surface area (Å²) in [4.78, 5) is 18.3. The van der Waals surface area contributed by atoms with Crippen LogP contribution in [0.4, 0.5) is 0 Å². The Labute approximate surface area is 132 Å². The number of ether oxygens (including phenoxy) is 1. The summed E-state index contributed by atoms with van der Waals surface area (Å²) in [5.41, 5.74) is 1.27. The van der Waals surface area contributed by atoms with Gasteiger partial charge in [0.15, 0.2) is 0 Å². The number of methoxy groups -OCH3 is 1. The largest absolute Gasteiger partial charge is 0.379 e. The van der Waals surface area contributed by atoms with Crippen LogP contribution in [0.5, 0.6) is 0 Å². The van der Waals surface area contributed by atoms with Crippen molar-refractivity contribution in [3.05, 3.63) is 40.9 Å². The number of aromatic nitrogens is 4. The molecule has 1 saturated heterocycles. The maximum atomic E-state index is 12.6. The van der Waals surface area contributed by atoms with E-state index in [1.807, 2.05) is 13.2 Å². The quantitative estimate of drug-likeness (QED) is 0.847. The fourth-order valence-corrected chi connectivity index (χ4v) is 2.92. The molecule has 2 atom stereocenters. The fraction of sp³-hybridized carbons (Fsp3) is 0.429. The van der Waals surface area contributed by atoms with Crippen LogP contribution in [0.3, 0.4) is 0 Å². The highest BCUT2D eigenvalue weighted by molar-refractivity contribution is 6.33. The van der Waals surface area contributed by atoms with Crippen molar-refractivity contribution in [3.63, 3.8) is 0 Å². The summed E-state index contributed by atoms with van der Waals surface area (Å²) in [5.74, 6) is -0.121. The molecule has 0 aromatic carbocycles. The number of halogens is 1. The molecule has 0 unspecified atom stereocenters. The Kier molecular flexibility index (Phi) is 4.08. The number of rotatable bonds is 3. The molecule has 7 nitrogen and oxygen atoms in total.